The molecule has 0 radical (unpaired) electrons. The van der Waals surface area contributed by atoms with E-state index in [0.29, 0.717) is 15.7 Å². The topological polar surface area (TPSA) is 83.6 Å². The minimum Gasteiger partial charge on any atom is -0.480 e. The molecule has 0 unspecified atom stereocenters. The van der Waals surface area contributed by atoms with Crippen molar-refractivity contribution in [3.05, 3.63) is 44.6 Å². The Morgan fingerprint density at radius 3 is 2.48 bits per heavy atom. The number of benzene rings is 1. The number of thiophene rings is 1. The summed E-state index contributed by atoms with van der Waals surface area (Å²) in [5.41, 5.74) is 6.57. The van der Waals surface area contributed by atoms with Gasteiger partial charge in [-0.3, -0.25) is 14.5 Å². The van der Waals surface area contributed by atoms with E-state index in [4.69, 9.17) is 34.0 Å². The molecule has 5 nitrogen and oxygen atoms in total. The first kappa shape index (κ1) is 15.6. The molecule has 0 aliphatic carbocycles. The van der Waals surface area contributed by atoms with Gasteiger partial charge in [-0.25, -0.2) is 0 Å². The lowest BCUT2D eigenvalue weighted by molar-refractivity contribution is -0.135. The van der Waals surface area contributed by atoms with Crippen molar-refractivity contribution in [2.24, 2.45) is 0 Å². The maximum Gasteiger partial charge on any atom is 0.323 e. The first-order chi connectivity index (χ1) is 9.90. The average molecular weight is 345 g/mol. The molecule has 0 aliphatic heterocycles. The molecule has 0 aliphatic rings. The van der Waals surface area contributed by atoms with Crippen molar-refractivity contribution < 1.29 is 14.7 Å². The minimum atomic E-state index is -1.16. The van der Waals surface area contributed by atoms with Crippen LogP contribution >= 0.6 is 34.5 Å². The van der Waals surface area contributed by atoms with Crippen molar-refractivity contribution in [3.63, 3.8) is 0 Å². The van der Waals surface area contributed by atoms with E-state index in [1.165, 1.54) is 6.07 Å². The van der Waals surface area contributed by atoms with Gasteiger partial charge in [0.1, 0.15) is 10.9 Å². The number of hydrogen-bond donors (Lipinski definition) is 2. The van der Waals surface area contributed by atoms with E-state index >= 15 is 0 Å². The highest BCUT2D eigenvalue weighted by molar-refractivity contribution is 7.20. The first-order valence-electron chi connectivity index (χ1n) is 5.73. The number of carboxylic acids is 1. The fraction of sp³-hybridized carbons (Fsp3) is 0.0769. The number of halogens is 2. The molecular formula is C13H10Cl2N2O3S. The Kier molecular flexibility index (Phi) is 4.72. The summed E-state index contributed by atoms with van der Waals surface area (Å²) in [7, 11) is 0. The van der Waals surface area contributed by atoms with Gasteiger partial charge in [0.2, 0.25) is 0 Å². The van der Waals surface area contributed by atoms with Crippen molar-refractivity contribution in [1.29, 1.82) is 0 Å². The maximum atomic E-state index is 12.5. The Morgan fingerprint density at radius 1 is 1.29 bits per heavy atom. The van der Waals surface area contributed by atoms with Crippen LogP contribution < -0.4 is 10.6 Å². The van der Waals surface area contributed by atoms with Gasteiger partial charge in [0, 0.05) is 0 Å². The van der Waals surface area contributed by atoms with Gasteiger partial charge < -0.3 is 10.8 Å². The second-order valence-corrected chi connectivity index (χ2v) is 6.37. The lowest BCUT2D eigenvalue weighted by Gasteiger charge is -2.22. The van der Waals surface area contributed by atoms with Crippen molar-refractivity contribution in [2.75, 3.05) is 17.2 Å². The van der Waals surface area contributed by atoms with Crippen LogP contribution in [-0.4, -0.2) is 23.5 Å². The zero-order chi connectivity index (χ0) is 15.6. The summed E-state index contributed by atoms with van der Waals surface area (Å²) >= 11 is 12.8. The molecule has 8 heteroatoms. The van der Waals surface area contributed by atoms with Crippen LogP contribution in [0.25, 0.3) is 0 Å². The smallest absolute Gasteiger partial charge is 0.323 e. The van der Waals surface area contributed by atoms with Gasteiger partial charge in [-0.05, 0) is 18.2 Å². The molecule has 1 aromatic heterocycles. The molecule has 21 heavy (non-hydrogen) atoms. The predicted octanol–water partition coefficient (Wildman–Crippen LogP) is 3.37. The molecule has 0 saturated carbocycles. The number of para-hydroxylation sites is 2. The van der Waals surface area contributed by atoms with Crippen LogP contribution in [0.15, 0.2) is 30.3 Å². The summed E-state index contributed by atoms with van der Waals surface area (Å²) in [4.78, 5) is 24.6. The molecule has 1 amide bonds. The van der Waals surface area contributed by atoms with Gasteiger partial charge in [-0.2, -0.15) is 0 Å². The summed E-state index contributed by atoms with van der Waals surface area (Å²) in [6.45, 7) is -0.531. The Labute approximate surface area is 134 Å². The molecule has 1 aromatic carbocycles. The lowest BCUT2D eigenvalue weighted by atomic mass is 10.2. The van der Waals surface area contributed by atoms with Crippen molar-refractivity contribution in [1.82, 2.24) is 0 Å². The molecule has 0 spiro atoms. The third kappa shape index (κ3) is 3.47. The molecule has 0 bridgehead atoms. The van der Waals surface area contributed by atoms with Crippen molar-refractivity contribution >= 4 is 57.8 Å². The Morgan fingerprint density at radius 2 is 1.95 bits per heavy atom. The minimum absolute atomic E-state index is 0.149. The van der Waals surface area contributed by atoms with Gasteiger partial charge >= 0.3 is 5.97 Å². The number of rotatable bonds is 4. The number of anilines is 2. The van der Waals surface area contributed by atoms with Crippen LogP contribution in [0.1, 0.15) is 10.4 Å². The predicted molar refractivity (Wildman–Crippen MR) is 84.5 cm³/mol. The lowest BCUT2D eigenvalue weighted by Crippen LogP contribution is -2.36. The van der Waals surface area contributed by atoms with E-state index in [1.807, 2.05) is 0 Å². The van der Waals surface area contributed by atoms with Crippen LogP contribution in [-0.2, 0) is 4.79 Å². The summed E-state index contributed by atoms with van der Waals surface area (Å²) in [5.74, 6) is -1.73. The molecule has 0 saturated heterocycles. The van der Waals surface area contributed by atoms with Gasteiger partial charge in [0.15, 0.2) is 0 Å². The van der Waals surface area contributed by atoms with Crippen LogP contribution in [0.5, 0.6) is 0 Å². The average Bonchev–Trinajstić information content (AvgIpc) is 2.75. The molecule has 0 atom stereocenters. The van der Waals surface area contributed by atoms with E-state index < -0.39 is 18.4 Å². The number of amides is 1. The number of nitrogen functional groups attached to an aromatic ring is 1. The van der Waals surface area contributed by atoms with Crippen molar-refractivity contribution in [3.8, 4) is 0 Å². The van der Waals surface area contributed by atoms with Gasteiger partial charge in [0.05, 0.1) is 21.3 Å². The van der Waals surface area contributed by atoms with E-state index in [1.54, 1.807) is 24.3 Å². The van der Waals surface area contributed by atoms with E-state index in [9.17, 15) is 9.59 Å². The summed E-state index contributed by atoms with van der Waals surface area (Å²) in [6.07, 6.45) is 0. The molecule has 2 aromatic rings. The van der Waals surface area contributed by atoms with Gasteiger partial charge in [-0.1, -0.05) is 35.3 Å². The SMILES string of the molecule is Nc1ccccc1N(CC(=O)O)C(=O)c1cc(Cl)sc1Cl. The second kappa shape index (κ2) is 6.34. The third-order valence-electron chi connectivity index (χ3n) is 2.65. The summed E-state index contributed by atoms with van der Waals surface area (Å²) < 4.78 is 0.551. The van der Waals surface area contributed by atoms with Crippen LogP contribution in [0.2, 0.25) is 8.67 Å². The number of carbonyl (C=O) groups excluding carboxylic acids is 1. The van der Waals surface area contributed by atoms with E-state index in [0.717, 1.165) is 16.2 Å². The number of carboxylic acid groups (broad SMARTS) is 1. The number of hydrogen-bond acceptors (Lipinski definition) is 4. The standard InChI is InChI=1S/C13H10Cl2N2O3S/c14-10-5-7(12(15)21-10)13(20)17(6-11(18)19)9-4-2-1-3-8(9)16/h1-5H,6,16H2,(H,18,19). The zero-order valence-electron chi connectivity index (χ0n) is 10.5. The summed E-state index contributed by atoms with van der Waals surface area (Å²) in [5, 5.41) is 9.02. The fourth-order valence-electron chi connectivity index (χ4n) is 1.77. The highest BCUT2D eigenvalue weighted by Crippen LogP contribution is 2.33. The zero-order valence-corrected chi connectivity index (χ0v) is 12.9. The van der Waals surface area contributed by atoms with Gasteiger partial charge in [0.25, 0.3) is 5.91 Å². The number of nitrogens with zero attached hydrogens (tertiary/aromatic N) is 1. The van der Waals surface area contributed by atoms with Crippen LogP contribution in [0.4, 0.5) is 11.4 Å². The second-order valence-electron chi connectivity index (χ2n) is 4.08. The van der Waals surface area contributed by atoms with Crippen LogP contribution in [0, 0.1) is 0 Å². The number of carbonyl (C=O) groups is 2. The monoisotopic (exact) mass is 344 g/mol. The Balaban J connectivity index is 2.46. The number of nitrogens with two attached hydrogens (primary N) is 1. The Bertz CT molecular complexity index is 702. The largest absolute Gasteiger partial charge is 0.480 e. The Hall–Kier alpha value is -1.76. The van der Waals surface area contributed by atoms with Crippen molar-refractivity contribution in [2.45, 2.75) is 0 Å². The molecule has 0 fully saturated rings. The molecule has 3 N–H and O–H groups in total. The van der Waals surface area contributed by atoms with Crippen LogP contribution in [0.3, 0.4) is 0 Å². The third-order valence-corrected chi connectivity index (χ3v) is 4.14. The molecule has 110 valence electrons. The maximum absolute atomic E-state index is 12.5. The normalized spacial score (nSPS) is 10.4. The van der Waals surface area contributed by atoms with E-state index in [2.05, 4.69) is 0 Å². The molecule has 1 heterocycles. The number of aliphatic carboxylic acids is 1. The summed E-state index contributed by atoms with van der Waals surface area (Å²) in [6, 6.07) is 7.91. The van der Waals surface area contributed by atoms with E-state index in [-0.39, 0.29) is 9.90 Å². The quantitative estimate of drug-likeness (QED) is 0.832. The molecular weight excluding hydrogens is 335 g/mol. The first-order valence-corrected chi connectivity index (χ1v) is 7.30. The highest BCUT2D eigenvalue weighted by atomic mass is 35.5. The van der Waals surface area contributed by atoms with Gasteiger partial charge in [-0.15, -0.1) is 11.3 Å². The highest BCUT2D eigenvalue weighted by Gasteiger charge is 2.25. The molecule has 2 rings (SSSR count). The fourth-order valence-corrected chi connectivity index (χ4v) is 3.21.